The monoisotopic (exact) mass is 286 g/mol. The van der Waals surface area contributed by atoms with Crippen LogP contribution in [-0.4, -0.2) is 10.7 Å². The first-order chi connectivity index (χ1) is 7.40. The van der Waals surface area contributed by atoms with E-state index in [0.717, 1.165) is 6.07 Å². The number of hydrogen-bond acceptors (Lipinski definition) is 4. The Bertz CT molecular complexity index is 537. The number of hydrogen-bond donors (Lipinski definition) is 0. The SMILES string of the molecule is Cc1c([N+](=O)[O-])cc(Br)c(F)c1C(=O)C#N. The second-order valence-corrected chi connectivity index (χ2v) is 3.74. The summed E-state index contributed by atoms with van der Waals surface area (Å²) in [6, 6.07) is 2.19. The van der Waals surface area contributed by atoms with Crippen molar-refractivity contribution in [1.82, 2.24) is 0 Å². The molecule has 1 aromatic carbocycles. The van der Waals surface area contributed by atoms with Crippen LogP contribution in [0.25, 0.3) is 0 Å². The second-order valence-electron chi connectivity index (χ2n) is 2.89. The third-order valence-electron chi connectivity index (χ3n) is 1.98. The van der Waals surface area contributed by atoms with E-state index in [2.05, 4.69) is 15.9 Å². The van der Waals surface area contributed by atoms with Crippen LogP contribution in [-0.2, 0) is 0 Å². The minimum atomic E-state index is -1.14. The number of nitrogens with zero attached hydrogens (tertiary/aromatic N) is 2. The third kappa shape index (κ3) is 1.92. The molecule has 7 heteroatoms. The molecule has 0 aliphatic rings. The summed E-state index contributed by atoms with van der Waals surface area (Å²) in [4.78, 5) is 21.0. The molecule has 0 fully saturated rings. The van der Waals surface area contributed by atoms with Crippen LogP contribution < -0.4 is 0 Å². The van der Waals surface area contributed by atoms with Gasteiger partial charge in [0.1, 0.15) is 11.9 Å². The van der Waals surface area contributed by atoms with Crippen LogP contribution in [0.3, 0.4) is 0 Å². The Morgan fingerprint density at radius 3 is 2.69 bits per heavy atom. The van der Waals surface area contributed by atoms with Gasteiger partial charge >= 0.3 is 0 Å². The first-order valence-electron chi connectivity index (χ1n) is 3.97. The van der Waals surface area contributed by atoms with E-state index in [1.54, 1.807) is 0 Å². The summed E-state index contributed by atoms with van der Waals surface area (Å²) >= 11 is 2.76. The van der Waals surface area contributed by atoms with Crippen molar-refractivity contribution >= 4 is 27.4 Å². The Morgan fingerprint density at radius 2 is 2.25 bits per heavy atom. The van der Waals surface area contributed by atoms with Crippen LogP contribution in [0.1, 0.15) is 15.9 Å². The van der Waals surface area contributed by atoms with Crippen molar-refractivity contribution in [3.8, 4) is 6.07 Å². The van der Waals surface area contributed by atoms with Crippen LogP contribution in [0, 0.1) is 34.2 Å². The summed E-state index contributed by atoms with van der Waals surface area (Å²) in [5.74, 6) is -2.10. The normalized spacial score (nSPS) is 9.62. The average molecular weight is 287 g/mol. The maximum atomic E-state index is 13.5. The zero-order valence-electron chi connectivity index (χ0n) is 7.95. The topological polar surface area (TPSA) is 84.0 Å². The molecule has 16 heavy (non-hydrogen) atoms. The van der Waals surface area contributed by atoms with Crippen LogP contribution >= 0.6 is 15.9 Å². The molecule has 0 radical (unpaired) electrons. The molecule has 5 nitrogen and oxygen atoms in total. The molecule has 0 heterocycles. The smallest absolute Gasteiger partial charge is 0.274 e. The quantitative estimate of drug-likeness (QED) is 0.362. The average Bonchev–Trinajstić information content (AvgIpc) is 2.22. The third-order valence-corrected chi connectivity index (χ3v) is 2.55. The Morgan fingerprint density at radius 1 is 1.69 bits per heavy atom. The van der Waals surface area contributed by atoms with Gasteiger partial charge in [-0.2, -0.15) is 5.26 Å². The lowest BCUT2D eigenvalue weighted by Gasteiger charge is -2.05. The van der Waals surface area contributed by atoms with Gasteiger partial charge in [0.05, 0.1) is 15.0 Å². The van der Waals surface area contributed by atoms with Gasteiger partial charge in [-0.05, 0) is 22.9 Å². The highest BCUT2D eigenvalue weighted by molar-refractivity contribution is 9.10. The maximum Gasteiger partial charge on any atom is 0.274 e. The zero-order valence-corrected chi connectivity index (χ0v) is 9.54. The summed E-state index contributed by atoms with van der Waals surface area (Å²) in [6.45, 7) is 1.22. The lowest BCUT2D eigenvalue weighted by atomic mass is 10.0. The van der Waals surface area contributed by atoms with Gasteiger partial charge in [0.25, 0.3) is 11.5 Å². The van der Waals surface area contributed by atoms with Crippen molar-refractivity contribution in [2.24, 2.45) is 0 Å². The molecule has 0 saturated heterocycles. The van der Waals surface area contributed by atoms with Gasteiger partial charge in [-0.3, -0.25) is 14.9 Å². The molecule has 0 aliphatic heterocycles. The molecule has 0 atom stereocenters. The number of nitro groups is 1. The fraction of sp³-hybridized carbons (Fsp3) is 0.111. The Labute approximate surface area is 97.8 Å². The molecule has 0 bridgehead atoms. The molecule has 0 N–H and O–H groups in total. The molecule has 0 aromatic heterocycles. The van der Waals surface area contributed by atoms with Gasteiger partial charge in [-0.15, -0.1) is 0 Å². The Hall–Kier alpha value is -1.81. The highest BCUT2D eigenvalue weighted by Gasteiger charge is 2.25. The van der Waals surface area contributed by atoms with Crippen molar-refractivity contribution in [3.63, 3.8) is 0 Å². The highest BCUT2D eigenvalue weighted by atomic mass is 79.9. The Balaban J connectivity index is 3.66. The number of ketones is 1. The lowest BCUT2D eigenvalue weighted by Crippen LogP contribution is -2.06. The standard InChI is InChI=1S/C9H4BrFN2O3/c1-4-6(13(15)16)2-5(10)9(11)8(4)7(14)3-12/h2H,1H3. The fourth-order valence-electron chi connectivity index (χ4n) is 1.22. The molecule has 0 saturated carbocycles. The lowest BCUT2D eigenvalue weighted by molar-refractivity contribution is -0.385. The molecule has 0 amide bonds. The van der Waals surface area contributed by atoms with E-state index in [9.17, 15) is 19.3 Å². The zero-order chi connectivity index (χ0) is 12.5. The van der Waals surface area contributed by atoms with Gasteiger partial charge in [-0.25, -0.2) is 4.39 Å². The minimum absolute atomic E-state index is 0.155. The number of nitro benzene ring substituents is 1. The first kappa shape index (κ1) is 12.3. The second kappa shape index (κ2) is 4.37. The molecule has 1 rings (SSSR count). The summed E-state index contributed by atoms with van der Waals surface area (Å²) < 4.78 is 13.3. The van der Waals surface area contributed by atoms with E-state index < -0.39 is 27.8 Å². The number of carbonyl (C=O) groups excluding carboxylic acids is 1. The molecule has 0 spiro atoms. The highest BCUT2D eigenvalue weighted by Crippen LogP contribution is 2.30. The molecule has 1 aromatic rings. The van der Waals surface area contributed by atoms with Gasteiger partial charge in [0.2, 0.25) is 0 Å². The molecular weight excluding hydrogens is 283 g/mol. The van der Waals surface area contributed by atoms with E-state index in [-0.39, 0.29) is 10.0 Å². The summed E-state index contributed by atoms with van der Waals surface area (Å²) in [5.41, 5.74) is -1.13. The maximum absolute atomic E-state index is 13.5. The largest absolute Gasteiger partial charge is 0.277 e. The summed E-state index contributed by atoms with van der Waals surface area (Å²) in [5, 5.41) is 19.0. The minimum Gasteiger partial charge on any atom is -0.277 e. The molecule has 0 unspecified atom stereocenters. The van der Waals surface area contributed by atoms with Crippen molar-refractivity contribution in [2.75, 3.05) is 0 Å². The Kier molecular flexibility index (Phi) is 3.34. The van der Waals surface area contributed by atoms with E-state index in [1.165, 1.54) is 13.0 Å². The van der Waals surface area contributed by atoms with E-state index in [0.29, 0.717) is 0 Å². The number of halogens is 2. The van der Waals surface area contributed by atoms with Crippen molar-refractivity contribution in [1.29, 1.82) is 5.26 Å². The van der Waals surface area contributed by atoms with Crippen molar-refractivity contribution in [3.05, 3.63) is 37.6 Å². The van der Waals surface area contributed by atoms with Crippen molar-refractivity contribution in [2.45, 2.75) is 6.92 Å². The molecular formula is C9H4BrFN2O3. The van der Waals surface area contributed by atoms with Crippen LogP contribution in [0.15, 0.2) is 10.5 Å². The predicted octanol–water partition coefficient (Wildman–Crippen LogP) is 2.51. The van der Waals surface area contributed by atoms with Gasteiger partial charge < -0.3 is 0 Å². The number of carbonyl (C=O) groups is 1. The first-order valence-corrected chi connectivity index (χ1v) is 4.76. The van der Waals surface area contributed by atoms with E-state index in [1.807, 2.05) is 0 Å². The molecule has 0 aliphatic carbocycles. The van der Waals surface area contributed by atoms with Gasteiger partial charge in [-0.1, -0.05) is 0 Å². The van der Waals surface area contributed by atoms with Crippen molar-refractivity contribution < 1.29 is 14.1 Å². The molecule has 82 valence electrons. The van der Waals surface area contributed by atoms with Crippen LogP contribution in [0.5, 0.6) is 0 Å². The summed E-state index contributed by atoms with van der Waals surface area (Å²) in [6.07, 6.45) is 0. The van der Waals surface area contributed by atoms with E-state index in [4.69, 9.17) is 5.26 Å². The number of nitriles is 1. The predicted molar refractivity (Wildman–Crippen MR) is 55.4 cm³/mol. The fourth-order valence-corrected chi connectivity index (χ4v) is 1.63. The summed E-state index contributed by atoms with van der Waals surface area (Å²) in [7, 11) is 0. The van der Waals surface area contributed by atoms with Crippen LogP contribution in [0.2, 0.25) is 0 Å². The number of Topliss-reactive ketones (excluding diaryl/α,β-unsaturated/α-hetero) is 1. The number of rotatable bonds is 2. The van der Waals surface area contributed by atoms with E-state index >= 15 is 0 Å². The van der Waals surface area contributed by atoms with Crippen LogP contribution in [0.4, 0.5) is 10.1 Å². The van der Waals surface area contributed by atoms with Gasteiger partial charge in [0.15, 0.2) is 0 Å². The van der Waals surface area contributed by atoms with Gasteiger partial charge in [0, 0.05) is 11.6 Å². The number of benzene rings is 1.